The van der Waals surface area contributed by atoms with Gasteiger partial charge >= 0.3 is 0 Å². The van der Waals surface area contributed by atoms with Gasteiger partial charge in [-0.1, -0.05) is 6.07 Å². The summed E-state index contributed by atoms with van der Waals surface area (Å²) in [6.07, 6.45) is 5.58. The van der Waals surface area contributed by atoms with Crippen LogP contribution in [0, 0.1) is 6.92 Å². The van der Waals surface area contributed by atoms with Crippen molar-refractivity contribution >= 4 is 5.69 Å². The van der Waals surface area contributed by atoms with Gasteiger partial charge in [0.15, 0.2) is 11.7 Å². The molecule has 7 heteroatoms. The van der Waals surface area contributed by atoms with Crippen molar-refractivity contribution in [1.29, 1.82) is 0 Å². The highest BCUT2D eigenvalue weighted by molar-refractivity contribution is 5.66. The Labute approximate surface area is 186 Å². The van der Waals surface area contributed by atoms with Gasteiger partial charge in [0.25, 0.3) is 5.56 Å². The van der Waals surface area contributed by atoms with Crippen LogP contribution in [0.1, 0.15) is 17.0 Å². The quantitative estimate of drug-likeness (QED) is 0.454. The standard InChI is InChI=1S/C25H26N4O3/c1-17-6-7-20(29(2)11-12-31-3)13-19(17)15-24-28-16-23(32-24)18-8-10-26-22(14-18)21-5-4-9-27-25(21)30/h4-10,13-14,16H,11-12,15H2,1-3H3,(H,27,30). The summed E-state index contributed by atoms with van der Waals surface area (Å²) >= 11 is 0. The summed E-state index contributed by atoms with van der Waals surface area (Å²) in [5.41, 5.74) is 5.21. The molecule has 32 heavy (non-hydrogen) atoms. The van der Waals surface area contributed by atoms with Gasteiger partial charge in [0, 0.05) is 50.8 Å². The first-order chi connectivity index (χ1) is 15.5. The van der Waals surface area contributed by atoms with Crippen LogP contribution in [-0.2, 0) is 11.2 Å². The Morgan fingerprint density at radius 1 is 1.16 bits per heavy atom. The van der Waals surface area contributed by atoms with E-state index in [2.05, 4.69) is 52.0 Å². The number of methoxy groups -OCH3 is 1. The largest absolute Gasteiger partial charge is 0.440 e. The Bertz CT molecular complexity index is 1260. The normalized spacial score (nSPS) is 11.0. The number of rotatable bonds is 8. The summed E-state index contributed by atoms with van der Waals surface area (Å²) in [7, 11) is 3.76. The van der Waals surface area contributed by atoms with Crippen LogP contribution in [0.15, 0.2) is 70.3 Å². The van der Waals surface area contributed by atoms with Crippen LogP contribution in [0.3, 0.4) is 0 Å². The summed E-state index contributed by atoms with van der Waals surface area (Å²) in [5, 5.41) is 0. The molecule has 0 aliphatic rings. The number of aryl methyl sites for hydroxylation is 1. The van der Waals surface area contributed by atoms with Gasteiger partial charge < -0.3 is 19.0 Å². The second-order valence-corrected chi connectivity index (χ2v) is 7.66. The molecule has 7 nitrogen and oxygen atoms in total. The van der Waals surface area contributed by atoms with Crippen molar-refractivity contribution in [3.8, 4) is 22.6 Å². The number of hydrogen-bond donors (Lipinski definition) is 1. The molecule has 0 amide bonds. The molecule has 1 N–H and O–H groups in total. The Hall–Kier alpha value is -3.71. The zero-order valence-electron chi connectivity index (χ0n) is 18.5. The fourth-order valence-corrected chi connectivity index (χ4v) is 3.49. The fourth-order valence-electron chi connectivity index (χ4n) is 3.49. The van der Waals surface area contributed by atoms with Crippen LogP contribution in [-0.4, -0.2) is 42.3 Å². The van der Waals surface area contributed by atoms with Gasteiger partial charge in [-0.2, -0.15) is 0 Å². The number of H-pyrrole nitrogens is 1. The second-order valence-electron chi connectivity index (χ2n) is 7.66. The van der Waals surface area contributed by atoms with E-state index in [0.29, 0.717) is 35.9 Å². The fraction of sp³-hybridized carbons (Fsp3) is 0.240. The third-order valence-corrected chi connectivity index (χ3v) is 5.44. The molecule has 0 aliphatic heterocycles. The van der Waals surface area contributed by atoms with E-state index < -0.39 is 0 Å². The molecule has 3 heterocycles. The van der Waals surface area contributed by atoms with Crippen molar-refractivity contribution in [2.75, 3.05) is 32.2 Å². The van der Waals surface area contributed by atoms with E-state index >= 15 is 0 Å². The molecule has 0 aliphatic carbocycles. The van der Waals surface area contributed by atoms with Crippen molar-refractivity contribution in [1.82, 2.24) is 15.0 Å². The predicted octanol–water partition coefficient (Wildman–Crippen LogP) is 4.07. The lowest BCUT2D eigenvalue weighted by atomic mass is 10.0. The smallest absolute Gasteiger partial charge is 0.257 e. The highest BCUT2D eigenvalue weighted by atomic mass is 16.5. The lowest BCUT2D eigenvalue weighted by molar-refractivity contribution is 0.206. The van der Waals surface area contributed by atoms with Crippen molar-refractivity contribution in [2.24, 2.45) is 0 Å². The number of ether oxygens (including phenoxy) is 1. The number of anilines is 1. The number of aromatic amines is 1. The number of nitrogens with zero attached hydrogens (tertiary/aromatic N) is 3. The van der Waals surface area contributed by atoms with Crippen molar-refractivity contribution in [3.63, 3.8) is 0 Å². The Morgan fingerprint density at radius 3 is 2.84 bits per heavy atom. The molecule has 4 aromatic rings. The SMILES string of the molecule is COCCN(C)c1ccc(C)c(Cc2ncc(-c3ccnc(-c4ccc[nH]c4=O)c3)o2)c1. The van der Waals surface area contributed by atoms with Gasteiger partial charge in [-0.05, 0) is 54.4 Å². The van der Waals surface area contributed by atoms with Crippen LogP contribution in [0.2, 0.25) is 0 Å². The number of oxazole rings is 1. The lowest BCUT2D eigenvalue weighted by Crippen LogP contribution is -2.22. The van der Waals surface area contributed by atoms with Gasteiger partial charge in [-0.15, -0.1) is 0 Å². The highest BCUT2D eigenvalue weighted by Gasteiger charge is 2.12. The molecule has 0 atom stereocenters. The number of hydrogen-bond acceptors (Lipinski definition) is 6. The molecule has 0 saturated carbocycles. The summed E-state index contributed by atoms with van der Waals surface area (Å²) in [4.78, 5) is 25.8. The van der Waals surface area contributed by atoms with E-state index in [9.17, 15) is 4.79 Å². The summed E-state index contributed by atoms with van der Waals surface area (Å²) in [6.45, 7) is 3.58. The Morgan fingerprint density at radius 2 is 2.03 bits per heavy atom. The number of pyridine rings is 2. The number of benzene rings is 1. The third-order valence-electron chi connectivity index (χ3n) is 5.44. The van der Waals surface area contributed by atoms with Gasteiger partial charge in [-0.25, -0.2) is 4.98 Å². The predicted molar refractivity (Wildman–Crippen MR) is 125 cm³/mol. The van der Waals surface area contributed by atoms with Crippen molar-refractivity contribution < 1.29 is 9.15 Å². The maximum absolute atomic E-state index is 12.1. The van der Waals surface area contributed by atoms with E-state index in [1.54, 1.807) is 37.8 Å². The maximum Gasteiger partial charge on any atom is 0.257 e. The minimum Gasteiger partial charge on any atom is -0.440 e. The molecular formula is C25H26N4O3. The van der Waals surface area contributed by atoms with E-state index in [4.69, 9.17) is 9.15 Å². The van der Waals surface area contributed by atoms with Gasteiger partial charge in [0.2, 0.25) is 0 Å². The first-order valence-corrected chi connectivity index (χ1v) is 10.4. The molecule has 0 bridgehead atoms. The molecule has 0 fully saturated rings. The van der Waals surface area contributed by atoms with Crippen molar-refractivity contribution in [2.45, 2.75) is 13.3 Å². The van der Waals surface area contributed by atoms with Gasteiger partial charge in [-0.3, -0.25) is 9.78 Å². The Kier molecular flexibility index (Phi) is 6.47. The summed E-state index contributed by atoms with van der Waals surface area (Å²) in [6, 6.07) is 13.6. The topological polar surface area (TPSA) is 84.2 Å². The highest BCUT2D eigenvalue weighted by Crippen LogP contribution is 2.26. The Balaban J connectivity index is 1.56. The van der Waals surface area contributed by atoms with Crippen LogP contribution < -0.4 is 10.5 Å². The number of likely N-dealkylation sites (N-methyl/N-ethyl adjacent to an activating group) is 1. The maximum atomic E-state index is 12.1. The summed E-state index contributed by atoms with van der Waals surface area (Å²) < 4.78 is 11.2. The molecule has 164 valence electrons. The molecule has 0 saturated heterocycles. The lowest BCUT2D eigenvalue weighted by Gasteiger charge is -2.20. The van der Waals surface area contributed by atoms with Crippen LogP contribution in [0.4, 0.5) is 5.69 Å². The van der Waals surface area contributed by atoms with Crippen LogP contribution >= 0.6 is 0 Å². The average molecular weight is 431 g/mol. The van der Waals surface area contributed by atoms with E-state index in [1.165, 1.54) is 5.56 Å². The number of nitrogens with one attached hydrogen (secondary N) is 1. The molecule has 4 rings (SSSR count). The van der Waals surface area contributed by atoms with Gasteiger partial charge in [0.1, 0.15) is 0 Å². The van der Waals surface area contributed by atoms with E-state index in [-0.39, 0.29) is 5.56 Å². The van der Waals surface area contributed by atoms with Crippen molar-refractivity contribution in [3.05, 3.63) is 88.4 Å². The second kappa shape index (κ2) is 9.62. The molecule has 0 radical (unpaired) electrons. The molecule has 3 aromatic heterocycles. The summed E-state index contributed by atoms with van der Waals surface area (Å²) in [5.74, 6) is 1.28. The monoisotopic (exact) mass is 430 g/mol. The van der Waals surface area contributed by atoms with Crippen LogP contribution in [0.25, 0.3) is 22.6 Å². The molecule has 1 aromatic carbocycles. The van der Waals surface area contributed by atoms with Crippen LogP contribution in [0.5, 0.6) is 0 Å². The minimum absolute atomic E-state index is 0.179. The molecular weight excluding hydrogens is 404 g/mol. The minimum atomic E-state index is -0.179. The molecule has 0 unspecified atom stereocenters. The molecule has 0 spiro atoms. The third kappa shape index (κ3) is 4.78. The van der Waals surface area contributed by atoms with Gasteiger partial charge in [0.05, 0.1) is 24.1 Å². The first-order valence-electron chi connectivity index (χ1n) is 10.4. The first kappa shape index (κ1) is 21.5. The zero-order chi connectivity index (χ0) is 22.5. The number of aromatic nitrogens is 3. The van der Waals surface area contributed by atoms with E-state index in [1.807, 2.05) is 12.1 Å². The zero-order valence-corrected chi connectivity index (χ0v) is 18.5. The van der Waals surface area contributed by atoms with E-state index in [0.717, 1.165) is 23.4 Å². The average Bonchev–Trinajstić information content (AvgIpc) is 3.28.